The van der Waals surface area contributed by atoms with E-state index in [0.29, 0.717) is 22.7 Å². The van der Waals surface area contributed by atoms with Crippen LogP contribution in [-0.4, -0.2) is 22.6 Å². The fourth-order valence-electron chi connectivity index (χ4n) is 2.44. The number of benzene rings is 2. The summed E-state index contributed by atoms with van der Waals surface area (Å²) in [5.74, 6) is 0.985. The molecule has 136 valence electrons. The van der Waals surface area contributed by atoms with Crippen LogP contribution in [0.4, 0.5) is 5.69 Å². The second kappa shape index (κ2) is 6.96. The molecule has 0 spiro atoms. The summed E-state index contributed by atoms with van der Waals surface area (Å²) in [4.78, 5) is 0.262. The van der Waals surface area contributed by atoms with Gasteiger partial charge in [-0.3, -0.25) is 4.72 Å². The van der Waals surface area contributed by atoms with Gasteiger partial charge in [-0.25, -0.2) is 8.42 Å². The minimum atomic E-state index is -3.75. The van der Waals surface area contributed by atoms with Crippen LogP contribution in [0.5, 0.6) is 11.5 Å². The zero-order valence-electron chi connectivity index (χ0n) is 15.5. The van der Waals surface area contributed by atoms with Crippen LogP contribution in [0, 0.1) is 6.92 Å². The first-order chi connectivity index (χ1) is 11.6. The highest BCUT2D eigenvalue weighted by Gasteiger charge is 2.22. The van der Waals surface area contributed by atoms with Gasteiger partial charge in [0.05, 0.1) is 24.8 Å². The summed E-state index contributed by atoms with van der Waals surface area (Å²) in [6.45, 7) is 7.93. The number of anilines is 1. The van der Waals surface area contributed by atoms with Gasteiger partial charge in [0.1, 0.15) is 11.5 Å². The Morgan fingerprint density at radius 3 is 2.20 bits per heavy atom. The number of ether oxygens (including phenoxy) is 2. The van der Waals surface area contributed by atoms with Crippen LogP contribution in [0.25, 0.3) is 0 Å². The summed E-state index contributed by atoms with van der Waals surface area (Å²) in [5, 5.41) is 0. The number of sulfonamides is 1. The Bertz CT molecular complexity index is 867. The summed E-state index contributed by atoms with van der Waals surface area (Å²) in [6, 6.07) is 10.5. The average molecular weight is 363 g/mol. The summed E-state index contributed by atoms with van der Waals surface area (Å²) >= 11 is 0. The third-order valence-electron chi connectivity index (χ3n) is 4.00. The normalized spacial score (nSPS) is 11.9. The van der Waals surface area contributed by atoms with Crippen LogP contribution < -0.4 is 14.2 Å². The minimum absolute atomic E-state index is 0.143. The smallest absolute Gasteiger partial charge is 0.262 e. The third-order valence-corrected chi connectivity index (χ3v) is 5.50. The van der Waals surface area contributed by atoms with E-state index in [9.17, 15) is 8.42 Å². The van der Waals surface area contributed by atoms with Gasteiger partial charge in [0.25, 0.3) is 10.0 Å². The Labute approximate surface area is 150 Å². The summed E-state index contributed by atoms with van der Waals surface area (Å²) in [5.41, 5.74) is 1.87. The number of hydrogen-bond donors (Lipinski definition) is 1. The first-order valence-electron chi connectivity index (χ1n) is 7.94. The molecule has 6 heteroatoms. The molecule has 0 atom stereocenters. The third kappa shape index (κ3) is 4.25. The number of nitrogens with one attached hydrogen (secondary N) is 1. The van der Waals surface area contributed by atoms with Crippen molar-refractivity contribution in [1.29, 1.82) is 0 Å². The van der Waals surface area contributed by atoms with Crippen molar-refractivity contribution in [3.63, 3.8) is 0 Å². The summed E-state index contributed by atoms with van der Waals surface area (Å²) < 4.78 is 38.9. The van der Waals surface area contributed by atoms with Crippen LogP contribution in [0.2, 0.25) is 0 Å². The van der Waals surface area contributed by atoms with E-state index >= 15 is 0 Å². The molecule has 0 aliphatic carbocycles. The molecule has 2 rings (SSSR count). The van der Waals surface area contributed by atoms with Crippen molar-refractivity contribution in [3.05, 3.63) is 47.5 Å². The van der Waals surface area contributed by atoms with E-state index in [1.807, 2.05) is 32.9 Å². The molecule has 0 unspecified atom stereocenters. The van der Waals surface area contributed by atoms with E-state index in [-0.39, 0.29) is 10.3 Å². The number of rotatable bonds is 5. The molecule has 0 aromatic heterocycles. The van der Waals surface area contributed by atoms with Gasteiger partial charge >= 0.3 is 0 Å². The van der Waals surface area contributed by atoms with Gasteiger partial charge in [-0.05, 0) is 41.7 Å². The molecule has 5 nitrogen and oxygen atoms in total. The molecule has 0 saturated heterocycles. The van der Waals surface area contributed by atoms with E-state index in [4.69, 9.17) is 9.47 Å². The molecule has 2 aromatic carbocycles. The lowest BCUT2D eigenvalue weighted by Gasteiger charge is -2.21. The van der Waals surface area contributed by atoms with Crippen LogP contribution >= 0.6 is 0 Å². The second-order valence-corrected chi connectivity index (χ2v) is 8.55. The number of methoxy groups -OCH3 is 2. The molecule has 0 heterocycles. The monoisotopic (exact) mass is 363 g/mol. The Morgan fingerprint density at radius 1 is 0.960 bits per heavy atom. The molecule has 25 heavy (non-hydrogen) atoms. The fourth-order valence-corrected chi connectivity index (χ4v) is 3.78. The molecule has 2 aromatic rings. The van der Waals surface area contributed by atoms with E-state index in [1.54, 1.807) is 38.3 Å². The van der Waals surface area contributed by atoms with E-state index in [1.165, 1.54) is 7.11 Å². The maximum absolute atomic E-state index is 12.9. The van der Waals surface area contributed by atoms with Gasteiger partial charge in [0, 0.05) is 6.07 Å². The quantitative estimate of drug-likeness (QED) is 0.868. The highest BCUT2D eigenvalue weighted by molar-refractivity contribution is 7.92. The van der Waals surface area contributed by atoms with Crippen molar-refractivity contribution >= 4 is 15.7 Å². The molecule has 0 fully saturated rings. The van der Waals surface area contributed by atoms with Gasteiger partial charge in [-0.2, -0.15) is 0 Å². The highest BCUT2D eigenvalue weighted by atomic mass is 32.2. The largest absolute Gasteiger partial charge is 0.497 e. The standard InChI is InChI=1S/C19H25NO4S/c1-13-7-8-14(19(2,3)4)11-18(13)25(21,22)20-16-10-9-15(23-5)12-17(16)24-6/h7-12,20H,1-6H3. The first kappa shape index (κ1) is 19.1. The van der Waals surface area contributed by atoms with Gasteiger partial charge in [-0.15, -0.1) is 0 Å². The lowest BCUT2D eigenvalue weighted by molar-refractivity contribution is 0.395. The van der Waals surface area contributed by atoms with Crippen molar-refractivity contribution < 1.29 is 17.9 Å². The van der Waals surface area contributed by atoms with Crippen molar-refractivity contribution in [1.82, 2.24) is 0 Å². The predicted molar refractivity (Wildman–Crippen MR) is 100 cm³/mol. The predicted octanol–water partition coefficient (Wildman–Crippen LogP) is 4.11. The van der Waals surface area contributed by atoms with Crippen molar-refractivity contribution in [2.75, 3.05) is 18.9 Å². The Hall–Kier alpha value is -2.21. The minimum Gasteiger partial charge on any atom is -0.497 e. The van der Waals surface area contributed by atoms with Gasteiger partial charge in [0.15, 0.2) is 0 Å². The number of aryl methyl sites for hydroxylation is 1. The molecule has 0 amide bonds. The zero-order chi connectivity index (χ0) is 18.8. The summed E-state index contributed by atoms with van der Waals surface area (Å²) in [6.07, 6.45) is 0. The van der Waals surface area contributed by atoms with Crippen LogP contribution in [-0.2, 0) is 15.4 Å². The van der Waals surface area contributed by atoms with Gasteiger partial charge in [-0.1, -0.05) is 32.9 Å². The Kier molecular flexibility index (Phi) is 5.32. The van der Waals surface area contributed by atoms with Crippen molar-refractivity contribution in [3.8, 4) is 11.5 Å². The van der Waals surface area contributed by atoms with Gasteiger partial charge in [0.2, 0.25) is 0 Å². The van der Waals surface area contributed by atoms with Crippen LogP contribution in [0.15, 0.2) is 41.3 Å². The fraction of sp³-hybridized carbons (Fsp3) is 0.368. The molecular formula is C19H25NO4S. The Morgan fingerprint density at radius 2 is 1.64 bits per heavy atom. The van der Waals surface area contributed by atoms with E-state index in [0.717, 1.165) is 5.56 Å². The Balaban J connectivity index is 2.47. The van der Waals surface area contributed by atoms with Gasteiger partial charge < -0.3 is 9.47 Å². The SMILES string of the molecule is COc1ccc(NS(=O)(=O)c2cc(C(C)(C)C)ccc2C)c(OC)c1. The zero-order valence-corrected chi connectivity index (χ0v) is 16.3. The maximum atomic E-state index is 12.9. The molecular weight excluding hydrogens is 338 g/mol. The highest BCUT2D eigenvalue weighted by Crippen LogP contribution is 2.32. The first-order valence-corrected chi connectivity index (χ1v) is 9.43. The van der Waals surface area contributed by atoms with Crippen LogP contribution in [0.3, 0.4) is 0 Å². The summed E-state index contributed by atoms with van der Waals surface area (Å²) in [7, 11) is -0.724. The van der Waals surface area contributed by atoms with E-state index < -0.39 is 10.0 Å². The lowest BCUT2D eigenvalue weighted by Crippen LogP contribution is -2.17. The molecule has 0 radical (unpaired) electrons. The molecule has 0 saturated carbocycles. The average Bonchev–Trinajstić information content (AvgIpc) is 2.54. The molecule has 1 N–H and O–H groups in total. The van der Waals surface area contributed by atoms with E-state index in [2.05, 4.69) is 4.72 Å². The molecule has 0 aliphatic heterocycles. The molecule has 0 aliphatic rings. The molecule has 0 bridgehead atoms. The van der Waals surface area contributed by atoms with Crippen LogP contribution in [0.1, 0.15) is 31.9 Å². The number of hydrogen-bond acceptors (Lipinski definition) is 4. The second-order valence-electron chi connectivity index (χ2n) is 6.90. The topological polar surface area (TPSA) is 64.6 Å². The lowest BCUT2D eigenvalue weighted by atomic mass is 9.87. The van der Waals surface area contributed by atoms with Crippen molar-refractivity contribution in [2.45, 2.75) is 38.0 Å². The van der Waals surface area contributed by atoms with Crippen molar-refractivity contribution in [2.24, 2.45) is 0 Å². The maximum Gasteiger partial charge on any atom is 0.262 e.